The topological polar surface area (TPSA) is 92.5 Å². The van der Waals surface area contributed by atoms with E-state index in [4.69, 9.17) is 16.0 Å². The molecule has 2 heterocycles. The van der Waals surface area contributed by atoms with Gasteiger partial charge < -0.3 is 9.73 Å². The van der Waals surface area contributed by atoms with Crippen molar-refractivity contribution >= 4 is 44.3 Å². The van der Waals surface area contributed by atoms with Crippen LogP contribution in [-0.2, 0) is 14.8 Å². The Bertz CT molecular complexity index is 1380. The van der Waals surface area contributed by atoms with Crippen molar-refractivity contribution in [2.75, 3.05) is 11.9 Å². The number of nitrogens with zero attached hydrogens (tertiary/aromatic N) is 2. The van der Waals surface area contributed by atoms with E-state index in [1.807, 2.05) is 24.3 Å². The molecule has 5 rings (SSSR count). The van der Waals surface area contributed by atoms with Crippen LogP contribution in [0, 0.1) is 0 Å². The van der Waals surface area contributed by atoms with Crippen LogP contribution < -0.4 is 5.32 Å². The van der Waals surface area contributed by atoms with Gasteiger partial charge in [0.1, 0.15) is 11.6 Å². The standard InChI is InChI=1S/C24H20ClN3O4S/c25-17-9-13-19(14-10-17)33(30,31)28-15-3-5-21(28)23(29)26-18-11-7-16(8-12-18)24-27-20-4-1-2-6-22(20)32-24/h1-2,4,6-14,21H,3,5,15H2,(H,26,29). The normalized spacial score (nSPS) is 16.8. The molecule has 3 aromatic carbocycles. The maximum Gasteiger partial charge on any atom is 0.243 e. The molecule has 33 heavy (non-hydrogen) atoms. The Morgan fingerprint density at radius 3 is 2.48 bits per heavy atom. The van der Waals surface area contributed by atoms with Gasteiger partial charge in [-0.1, -0.05) is 23.7 Å². The number of aromatic nitrogens is 1. The van der Waals surface area contributed by atoms with E-state index in [2.05, 4.69) is 10.3 Å². The number of para-hydroxylation sites is 2. The summed E-state index contributed by atoms with van der Waals surface area (Å²) in [5, 5.41) is 3.28. The maximum absolute atomic E-state index is 13.1. The maximum atomic E-state index is 13.1. The summed E-state index contributed by atoms with van der Waals surface area (Å²) in [4.78, 5) is 17.6. The Morgan fingerprint density at radius 1 is 1.03 bits per heavy atom. The number of halogens is 1. The highest BCUT2D eigenvalue weighted by Gasteiger charge is 2.39. The fourth-order valence-electron chi connectivity index (χ4n) is 3.95. The largest absolute Gasteiger partial charge is 0.436 e. The fraction of sp³-hybridized carbons (Fsp3) is 0.167. The summed E-state index contributed by atoms with van der Waals surface area (Å²) in [6.07, 6.45) is 1.07. The molecule has 1 fully saturated rings. The van der Waals surface area contributed by atoms with Crippen LogP contribution in [0.2, 0.25) is 5.02 Å². The summed E-state index contributed by atoms with van der Waals surface area (Å²) < 4.78 is 33.2. The van der Waals surface area contributed by atoms with E-state index in [0.29, 0.717) is 41.6 Å². The number of benzene rings is 3. The summed E-state index contributed by atoms with van der Waals surface area (Å²) >= 11 is 5.88. The minimum Gasteiger partial charge on any atom is -0.436 e. The van der Waals surface area contributed by atoms with Crippen molar-refractivity contribution in [3.05, 3.63) is 77.8 Å². The first-order valence-electron chi connectivity index (χ1n) is 10.5. The monoisotopic (exact) mass is 481 g/mol. The van der Waals surface area contributed by atoms with E-state index in [1.54, 1.807) is 24.3 Å². The van der Waals surface area contributed by atoms with Gasteiger partial charge in [-0.3, -0.25) is 4.79 Å². The molecule has 9 heteroatoms. The first-order chi connectivity index (χ1) is 15.9. The van der Waals surface area contributed by atoms with Crippen molar-refractivity contribution < 1.29 is 17.6 Å². The van der Waals surface area contributed by atoms with Gasteiger partial charge in [-0.15, -0.1) is 0 Å². The van der Waals surface area contributed by atoms with Gasteiger partial charge in [-0.05, 0) is 73.5 Å². The van der Waals surface area contributed by atoms with Crippen LogP contribution in [0.25, 0.3) is 22.6 Å². The summed E-state index contributed by atoms with van der Waals surface area (Å²) in [6, 6.07) is 19.8. The number of hydrogen-bond donors (Lipinski definition) is 1. The Labute approximate surface area is 196 Å². The molecule has 0 aliphatic carbocycles. The highest BCUT2D eigenvalue weighted by molar-refractivity contribution is 7.89. The number of carbonyl (C=O) groups excluding carboxylic acids is 1. The molecule has 168 valence electrons. The molecule has 1 aliphatic rings. The van der Waals surface area contributed by atoms with Crippen LogP contribution in [0.3, 0.4) is 0 Å². The Kier molecular flexibility index (Phi) is 5.65. The molecule has 1 N–H and O–H groups in total. The van der Waals surface area contributed by atoms with Crippen LogP contribution in [0.15, 0.2) is 82.1 Å². The first kappa shape index (κ1) is 21.6. The van der Waals surface area contributed by atoms with E-state index >= 15 is 0 Å². The lowest BCUT2D eigenvalue weighted by Crippen LogP contribution is -2.43. The van der Waals surface area contributed by atoms with Crippen molar-refractivity contribution in [2.45, 2.75) is 23.8 Å². The quantitative estimate of drug-likeness (QED) is 0.436. The Morgan fingerprint density at radius 2 is 1.76 bits per heavy atom. The van der Waals surface area contributed by atoms with Crippen molar-refractivity contribution in [1.82, 2.24) is 9.29 Å². The van der Waals surface area contributed by atoms with Gasteiger partial charge in [-0.2, -0.15) is 4.31 Å². The molecule has 0 bridgehead atoms. The van der Waals surface area contributed by atoms with Crippen molar-refractivity contribution in [2.24, 2.45) is 0 Å². The van der Waals surface area contributed by atoms with E-state index in [0.717, 1.165) is 11.1 Å². The smallest absolute Gasteiger partial charge is 0.243 e. The Balaban J connectivity index is 1.32. The average molecular weight is 482 g/mol. The minimum atomic E-state index is -3.80. The van der Waals surface area contributed by atoms with Gasteiger partial charge >= 0.3 is 0 Å². The van der Waals surface area contributed by atoms with Gasteiger partial charge in [0.2, 0.25) is 21.8 Å². The summed E-state index contributed by atoms with van der Waals surface area (Å²) in [7, 11) is -3.80. The zero-order valence-electron chi connectivity index (χ0n) is 17.4. The number of sulfonamides is 1. The van der Waals surface area contributed by atoms with Crippen LogP contribution in [-0.4, -0.2) is 36.2 Å². The van der Waals surface area contributed by atoms with Crippen molar-refractivity contribution in [3.8, 4) is 11.5 Å². The van der Waals surface area contributed by atoms with E-state index < -0.39 is 16.1 Å². The molecular weight excluding hydrogens is 462 g/mol. The minimum absolute atomic E-state index is 0.120. The number of fused-ring (bicyclic) bond motifs is 1. The number of rotatable bonds is 5. The molecule has 0 radical (unpaired) electrons. The molecular formula is C24H20ClN3O4S. The second kappa shape index (κ2) is 8.62. The molecule has 1 amide bonds. The number of amides is 1. The predicted molar refractivity (Wildman–Crippen MR) is 126 cm³/mol. The molecule has 0 saturated carbocycles. The lowest BCUT2D eigenvalue weighted by molar-refractivity contribution is -0.119. The molecule has 1 aromatic heterocycles. The number of anilines is 1. The summed E-state index contributed by atoms with van der Waals surface area (Å²) in [6.45, 7) is 0.291. The SMILES string of the molecule is O=C(Nc1ccc(-c2nc3ccccc3o2)cc1)C1CCCN1S(=O)(=O)c1ccc(Cl)cc1. The molecule has 0 spiro atoms. The van der Waals surface area contributed by atoms with Crippen LogP contribution in [0.1, 0.15) is 12.8 Å². The predicted octanol–water partition coefficient (Wildman–Crippen LogP) is 4.94. The average Bonchev–Trinajstić information content (AvgIpc) is 3.48. The molecule has 7 nitrogen and oxygen atoms in total. The third-order valence-corrected chi connectivity index (χ3v) is 7.79. The summed E-state index contributed by atoms with van der Waals surface area (Å²) in [5.74, 6) is 0.129. The number of oxazole rings is 1. The van der Waals surface area contributed by atoms with E-state index in [1.165, 1.54) is 28.6 Å². The molecule has 1 atom stereocenters. The van der Waals surface area contributed by atoms with Gasteiger partial charge in [0, 0.05) is 22.8 Å². The third kappa shape index (κ3) is 4.25. The fourth-order valence-corrected chi connectivity index (χ4v) is 5.73. The molecule has 1 aliphatic heterocycles. The van der Waals surface area contributed by atoms with Crippen LogP contribution in [0.4, 0.5) is 5.69 Å². The van der Waals surface area contributed by atoms with Crippen molar-refractivity contribution in [3.63, 3.8) is 0 Å². The van der Waals surface area contributed by atoms with Crippen LogP contribution in [0.5, 0.6) is 0 Å². The lowest BCUT2D eigenvalue weighted by atomic mass is 10.2. The molecule has 1 saturated heterocycles. The number of carbonyl (C=O) groups is 1. The highest BCUT2D eigenvalue weighted by Crippen LogP contribution is 2.29. The second-order valence-electron chi connectivity index (χ2n) is 7.78. The van der Waals surface area contributed by atoms with E-state index in [-0.39, 0.29) is 10.8 Å². The zero-order chi connectivity index (χ0) is 23.0. The number of hydrogen-bond acceptors (Lipinski definition) is 5. The van der Waals surface area contributed by atoms with Crippen molar-refractivity contribution in [1.29, 1.82) is 0 Å². The summed E-state index contributed by atoms with van der Waals surface area (Å²) in [5.41, 5.74) is 2.81. The van der Waals surface area contributed by atoms with E-state index in [9.17, 15) is 13.2 Å². The van der Waals surface area contributed by atoms with Crippen LogP contribution >= 0.6 is 11.6 Å². The molecule has 1 unspecified atom stereocenters. The Hall–Kier alpha value is -3.20. The number of nitrogens with one attached hydrogen (secondary N) is 1. The highest BCUT2D eigenvalue weighted by atomic mass is 35.5. The first-order valence-corrected chi connectivity index (χ1v) is 12.3. The van der Waals surface area contributed by atoms with Gasteiger partial charge in [-0.25, -0.2) is 13.4 Å². The zero-order valence-corrected chi connectivity index (χ0v) is 19.0. The molecule has 4 aromatic rings. The third-order valence-electron chi connectivity index (χ3n) is 5.62. The van der Waals surface area contributed by atoms with Gasteiger partial charge in [0.05, 0.1) is 4.90 Å². The second-order valence-corrected chi connectivity index (χ2v) is 10.1. The van der Waals surface area contributed by atoms with Gasteiger partial charge in [0.15, 0.2) is 5.58 Å². The van der Waals surface area contributed by atoms with Gasteiger partial charge in [0.25, 0.3) is 0 Å². The lowest BCUT2D eigenvalue weighted by Gasteiger charge is -2.23.